The Bertz CT molecular complexity index is 316. The molecule has 1 unspecified atom stereocenters. The van der Waals surface area contributed by atoms with Crippen molar-refractivity contribution in [2.75, 3.05) is 13.1 Å². The number of carbonyl (C=O) groups is 2. The summed E-state index contributed by atoms with van der Waals surface area (Å²) in [5, 5.41) is 18.2. The van der Waals surface area contributed by atoms with Gasteiger partial charge < -0.3 is 15.9 Å². The minimum atomic E-state index is -1.31. The van der Waals surface area contributed by atoms with Crippen molar-refractivity contribution in [2.45, 2.75) is 24.8 Å². The third-order valence-electron chi connectivity index (χ3n) is 2.88. The highest BCUT2D eigenvalue weighted by Gasteiger charge is 2.49. The highest BCUT2D eigenvalue weighted by molar-refractivity contribution is 5.84. The van der Waals surface area contributed by atoms with Gasteiger partial charge in [-0.1, -0.05) is 12.2 Å². The molecular formula is C10H16N2O4. The first kappa shape index (κ1) is 12.5. The average molecular weight is 228 g/mol. The minimum absolute atomic E-state index is 0.172. The third kappa shape index (κ3) is 2.16. The van der Waals surface area contributed by atoms with E-state index in [4.69, 9.17) is 10.8 Å². The third-order valence-corrected chi connectivity index (χ3v) is 2.88. The lowest BCUT2D eigenvalue weighted by molar-refractivity contribution is -0.148. The molecule has 1 saturated heterocycles. The second-order valence-corrected chi connectivity index (χ2v) is 3.79. The van der Waals surface area contributed by atoms with Gasteiger partial charge in [0.2, 0.25) is 0 Å². The molecule has 4 N–H and O–H groups in total. The molecule has 1 amide bonds. The normalized spacial score (nSPS) is 25.2. The second-order valence-electron chi connectivity index (χ2n) is 3.79. The number of rotatable bonds is 4. The molecule has 0 radical (unpaired) electrons. The van der Waals surface area contributed by atoms with Crippen molar-refractivity contribution in [1.29, 1.82) is 0 Å². The second kappa shape index (κ2) is 4.98. The summed E-state index contributed by atoms with van der Waals surface area (Å²) in [6.45, 7) is 0.598. The zero-order valence-corrected chi connectivity index (χ0v) is 8.93. The number of nitrogens with zero attached hydrogens (tertiary/aromatic N) is 1. The van der Waals surface area contributed by atoms with Gasteiger partial charge in [0.15, 0.2) is 0 Å². The lowest BCUT2D eigenvalue weighted by atomic mass is 9.92. The molecule has 0 aromatic heterocycles. The zero-order valence-electron chi connectivity index (χ0n) is 8.93. The molecule has 0 aromatic carbocycles. The molecule has 0 bridgehead atoms. The predicted molar refractivity (Wildman–Crippen MR) is 57.1 cm³/mol. The van der Waals surface area contributed by atoms with Crippen LogP contribution in [0.15, 0.2) is 12.2 Å². The fourth-order valence-corrected chi connectivity index (χ4v) is 2.05. The van der Waals surface area contributed by atoms with Crippen LogP contribution in [0.1, 0.15) is 19.3 Å². The van der Waals surface area contributed by atoms with Crippen LogP contribution in [0.25, 0.3) is 0 Å². The Kier molecular flexibility index (Phi) is 3.89. The van der Waals surface area contributed by atoms with Crippen LogP contribution in [0.3, 0.4) is 0 Å². The molecule has 1 rings (SSSR count). The van der Waals surface area contributed by atoms with E-state index in [1.807, 2.05) is 0 Å². The summed E-state index contributed by atoms with van der Waals surface area (Å²) >= 11 is 0. The Morgan fingerprint density at radius 3 is 2.56 bits per heavy atom. The van der Waals surface area contributed by atoms with Crippen LogP contribution in [0.5, 0.6) is 0 Å². The van der Waals surface area contributed by atoms with Crippen LogP contribution < -0.4 is 5.73 Å². The first-order valence-electron chi connectivity index (χ1n) is 5.13. The van der Waals surface area contributed by atoms with Crippen LogP contribution in [-0.2, 0) is 4.79 Å². The number of aliphatic carboxylic acids is 1. The highest BCUT2D eigenvalue weighted by Crippen LogP contribution is 2.33. The number of carboxylic acid groups (broad SMARTS) is 2. The van der Waals surface area contributed by atoms with E-state index in [1.54, 1.807) is 12.2 Å². The minimum Gasteiger partial charge on any atom is -0.479 e. The molecule has 1 aliphatic rings. The fourth-order valence-electron chi connectivity index (χ4n) is 2.05. The summed E-state index contributed by atoms with van der Waals surface area (Å²) in [6, 6.07) is 0. The number of nitrogens with two attached hydrogens (primary N) is 1. The average Bonchev–Trinajstić information content (AvgIpc) is 2.63. The van der Waals surface area contributed by atoms with Crippen LogP contribution in [0.2, 0.25) is 0 Å². The maximum absolute atomic E-state index is 11.3. The van der Waals surface area contributed by atoms with Gasteiger partial charge in [-0.15, -0.1) is 0 Å². The molecule has 1 heterocycles. The SMILES string of the molecule is NCC=CCC1(C(=O)O)CCCN1C(=O)O. The molecule has 16 heavy (non-hydrogen) atoms. The van der Waals surface area contributed by atoms with Gasteiger partial charge in [-0.05, 0) is 19.3 Å². The van der Waals surface area contributed by atoms with Gasteiger partial charge in [0, 0.05) is 13.1 Å². The molecular weight excluding hydrogens is 212 g/mol. The van der Waals surface area contributed by atoms with Crippen molar-refractivity contribution >= 4 is 12.1 Å². The van der Waals surface area contributed by atoms with Crippen LogP contribution in [-0.4, -0.2) is 45.8 Å². The maximum atomic E-state index is 11.3. The quantitative estimate of drug-likeness (QED) is 0.607. The van der Waals surface area contributed by atoms with Crippen molar-refractivity contribution < 1.29 is 19.8 Å². The summed E-state index contributed by atoms with van der Waals surface area (Å²) in [5.74, 6) is -1.09. The van der Waals surface area contributed by atoms with Crippen LogP contribution in [0, 0.1) is 0 Å². The molecule has 1 fully saturated rings. The molecule has 1 atom stereocenters. The van der Waals surface area contributed by atoms with E-state index in [1.165, 1.54) is 0 Å². The van der Waals surface area contributed by atoms with Crippen molar-refractivity contribution in [3.8, 4) is 0 Å². The maximum Gasteiger partial charge on any atom is 0.408 e. The zero-order chi connectivity index (χ0) is 12.2. The lowest BCUT2D eigenvalue weighted by Crippen LogP contribution is -2.52. The van der Waals surface area contributed by atoms with Crippen molar-refractivity contribution in [2.24, 2.45) is 5.73 Å². The number of hydrogen-bond acceptors (Lipinski definition) is 3. The van der Waals surface area contributed by atoms with Gasteiger partial charge >= 0.3 is 12.1 Å². The van der Waals surface area contributed by atoms with E-state index in [9.17, 15) is 14.7 Å². The van der Waals surface area contributed by atoms with Crippen molar-refractivity contribution in [1.82, 2.24) is 4.90 Å². The largest absolute Gasteiger partial charge is 0.479 e. The summed E-state index contributed by atoms with van der Waals surface area (Å²) in [6.07, 6.45) is 3.20. The lowest BCUT2D eigenvalue weighted by Gasteiger charge is -2.31. The Morgan fingerprint density at radius 2 is 2.06 bits per heavy atom. The molecule has 0 aromatic rings. The smallest absolute Gasteiger partial charge is 0.408 e. The summed E-state index contributed by atoms with van der Waals surface area (Å²) in [4.78, 5) is 23.2. The Labute approximate surface area is 93.3 Å². The number of hydrogen-bond donors (Lipinski definition) is 3. The van der Waals surface area contributed by atoms with Crippen LogP contribution in [0.4, 0.5) is 4.79 Å². The molecule has 1 aliphatic heterocycles. The number of carboxylic acids is 1. The Morgan fingerprint density at radius 1 is 1.38 bits per heavy atom. The van der Waals surface area contributed by atoms with E-state index in [0.717, 1.165) is 4.90 Å². The first-order chi connectivity index (χ1) is 7.54. The topological polar surface area (TPSA) is 104 Å². The molecule has 0 spiro atoms. The van der Waals surface area contributed by atoms with E-state index in [-0.39, 0.29) is 13.0 Å². The van der Waals surface area contributed by atoms with Crippen molar-refractivity contribution in [3.63, 3.8) is 0 Å². The molecule has 6 nitrogen and oxygen atoms in total. The van der Waals surface area contributed by atoms with Crippen LogP contribution >= 0.6 is 0 Å². The Hall–Kier alpha value is -1.56. The summed E-state index contributed by atoms with van der Waals surface area (Å²) in [7, 11) is 0. The summed E-state index contributed by atoms with van der Waals surface area (Å²) < 4.78 is 0. The molecule has 0 saturated carbocycles. The van der Waals surface area contributed by atoms with Gasteiger partial charge in [-0.3, -0.25) is 4.90 Å². The van der Waals surface area contributed by atoms with E-state index in [2.05, 4.69) is 0 Å². The van der Waals surface area contributed by atoms with E-state index in [0.29, 0.717) is 19.4 Å². The molecule has 6 heteroatoms. The van der Waals surface area contributed by atoms with Gasteiger partial charge in [0.25, 0.3) is 0 Å². The van der Waals surface area contributed by atoms with Crippen molar-refractivity contribution in [3.05, 3.63) is 12.2 Å². The van der Waals surface area contributed by atoms with Gasteiger partial charge in [0.05, 0.1) is 0 Å². The fraction of sp³-hybridized carbons (Fsp3) is 0.600. The summed E-state index contributed by atoms with van der Waals surface area (Å²) in [5.41, 5.74) is 3.95. The standard InChI is InChI=1S/C10H16N2O4/c11-6-2-1-4-10(8(13)14)5-3-7-12(10)9(15)16/h1-2H,3-7,11H2,(H,13,14)(H,15,16). The van der Waals surface area contributed by atoms with E-state index >= 15 is 0 Å². The number of amides is 1. The predicted octanol–water partition coefficient (Wildman–Crippen LogP) is 0.489. The van der Waals surface area contributed by atoms with E-state index < -0.39 is 17.6 Å². The van der Waals surface area contributed by atoms with Gasteiger partial charge in [-0.25, -0.2) is 9.59 Å². The monoisotopic (exact) mass is 228 g/mol. The molecule has 90 valence electrons. The van der Waals surface area contributed by atoms with Gasteiger partial charge in [-0.2, -0.15) is 0 Å². The molecule has 0 aliphatic carbocycles. The van der Waals surface area contributed by atoms with Gasteiger partial charge in [0.1, 0.15) is 5.54 Å². The first-order valence-corrected chi connectivity index (χ1v) is 5.13. The number of likely N-dealkylation sites (tertiary alicyclic amines) is 1. The Balaban J connectivity index is 2.91. The highest BCUT2D eigenvalue weighted by atomic mass is 16.4.